The van der Waals surface area contributed by atoms with Gasteiger partial charge in [-0.25, -0.2) is 14.8 Å². The van der Waals surface area contributed by atoms with Crippen LogP contribution in [0.25, 0.3) is 44.4 Å². The fraction of sp³-hybridized carbons (Fsp3) is 0.413. The van der Waals surface area contributed by atoms with Crippen molar-refractivity contribution in [2.75, 3.05) is 27.9 Å². The first-order chi connectivity index (χ1) is 28.5. The lowest BCUT2D eigenvalue weighted by atomic mass is 9.95. The molecule has 1 aliphatic carbocycles. The Balaban J connectivity index is 0.965. The van der Waals surface area contributed by atoms with Gasteiger partial charge in [-0.3, -0.25) is 9.59 Å². The molecule has 3 aromatic carbocycles. The van der Waals surface area contributed by atoms with Crippen molar-refractivity contribution in [2.24, 2.45) is 11.8 Å². The Kier molecular flexibility index (Phi) is 11.2. The van der Waals surface area contributed by atoms with E-state index in [-0.39, 0.29) is 35.9 Å². The molecule has 1 saturated carbocycles. The molecule has 0 radical (unpaired) electrons. The van der Waals surface area contributed by atoms with Gasteiger partial charge >= 0.3 is 6.09 Å². The molecule has 2 aromatic heterocycles. The Labute approximate surface area is 344 Å². The minimum Gasteiger partial charge on any atom is -0.453 e. The Hall–Kier alpha value is -5.79. The number of alkyl carbamates (subject to hydrolysis) is 1. The quantitative estimate of drug-likeness (QED) is 0.109. The predicted octanol–water partition coefficient (Wildman–Crippen LogP) is 7.60. The molecule has 13 heteroatoms. The van der Waals surface area contributed by atoms with Crippen LogP contribution in [-0.4, -0.2) is 99.8 Å². The standard InChI is InChI=1S/C46H53N7O6/c1-25-18-39(52(24-25)45(55)40(28(4)58-6)51-46(56)59-7)42-47-23-38(49-42)34-15-14-32-19-31(12-13-33(32)20-34)29-8-10-30(11-9-29)37-22-48-43(50-37)41-35-16-17-36(21-35)53(41)44(54)26(2)27(3)57-5/h8-15,18-20,22-23,26-28,35-36,39-41H,16-17,21,24H2,1-7H3,(H,47,49)(H,48,50)(H,51,56)/t26-,27+,28+,35+,36-,39-,40-,41-/m0/s1. The van der Waals surface area contributed by atoms with Gasteiger partial charge in [0, 0.05) is 32.4 Å². The van der Waals surface area contributed by atoms with Gasteiger partial charge in [-0.2, -0.15) is 0 Å². The largest absolute Gasteiger partial charge is 0.453 e. The molecule has 5 aromatic rings. The Morgan fingerprint density at radius 2 is 1.37 bits per heavy atom. The molecule has 13 nitrogen and oxygen atoms in total. The maximum atomic E-state index is 13.8. The van der Waals surface area contributed by atoms with Gasteiger partial charge in [-0.05, 0) is 85.5 Å². The first-order valence-electron chi connectivity index (χ1n) is 20.4. The third-order valence-electron chi connectivity index (χ3n) is 12.8. The molecule has 2 aliphatic heterocycles. The lowest BCUT2D eigenvalue weighted by Gasteiger charge is -2.37. The summed E-state index contributed by atoms with van der Waals surface area (Å²) in [4.78, 5) is 59.9. The molecule has 3 aliphatic rings. The molecule has 308 valence electrons. The lowest BCUT2D eigenvalue weighted by molar-refractivity contribution is -0.144. The number of aromatic nitrogens is 4. The molecular weight excluding hydrogens is 747 g/mol. The number of methoxy groups -OCH3 is 3. The third-order valence-corrected chi connectivity index (χ3v) is 12.8. The molecule has 8 rings (SSSR count). The van der Waals surface area contributed by atoms with Gasteiger partial charge in [0.2, 0.25) is 11.8 Å². The number of piperidine rings is 1. The van der Waals surface area contributed by atoms with Crippen LogP contribution in [0.3, 0.4) is 0 Å². The molecule has 2 bridgehead atoms. The number of carbonyl (C=O) groups is 3. The molecule has 0 spiro atoms. The number of H-pyrrole nitrogens is 2. The van der Waals surface area contributed by atoms with Crippen LogP contribution in [0.5, 0.6) is 0 Å². The minimum atomic E-state index is -0.932. The summed E-state index contributed by atoms with van der Waals surface area (Å²) in [6, 6.07) is 20.1. The maximum Gasteiger partial charge on any atom is 0.407 e. The van der Waals surface area contributed by atoms with Crippen molar-refractivity contribution < 1.29 is 28.6 Å². The number of amides is 3. The van der Waals surface area contributed by atoms with Crippen LogP contribution in [0.1, 0.15) is 70.7 Å². The molecule has 1 saturated heterocycles. The number of aromatic amines is 2. The van der Waals surface area contributed by atoms with Gasteiger partial charge in [0.1, 0.15) is 23.7 Å². The zero-order chi connectivity index (χ0) is 41.5. The zero-order valence-corrected chi connectivity index (χ0v) is 34.7. The van der Waals surface area contributed by atoms with Crippen LogP contribution in [0.4, 0.5) is 4.79 Å². The fourth-order valence-electron chi connectivity index (χ4n) is 9.10. The SMILES string of the molecule is COC(=O)N[C@H](C(=O)N1CC(C)=C[C@H]1c1ncc(-c2ccc3cc(-c4ccc(-c5cnc([C@@H]6[C@@H]7CC[C@@H](C7)N6C(=O)[C@@H](C)[C@@H](C)OC)[nH]5)cc4)ccc3c2)[nH]1)[C@@H](C)OC. The number of benzene rings is 3. The van der Waals surface area contributed by atoms with Crippen molar-refractivity contribution in [3.8, 4) is 33.6 Å². The van der Waals surface area contributed by atoms with Crippen LogP contribution >= 0.6 is 0 Å². The summed E-state index contributed by atoms with van der Waals surface area (Å²) < 4.78 is 15.7. The van der Waals surface area contributed by atoms with Gasteiger partial charge in [0.05, 0.1) is 55.1 Å². The molecule has 3 amide bonds. The first kappa shape index (κ1) is 40.0. The van der Waals surface area contributed by atoms with E-state index >= 15 is 0 Å². The van der Waals surface area contributed by atoms with E-state index in [9.17, 15) is 14.4 Å². The lowest BCUT2D eigenvalue weighted by Crippen LogP contribution is -2.54. The number of hydrogen-bond donors (Lipinski definition) is 3. The minimum absolute atomic E-state index is 0.0366. The van der Waals surface area contributed by atoms with E-state index in [1.54, 1.807) is 25.1 Å². The van der Waals surface area contributed by atoms with Crippen LogP contribution in [0, 0.1) is 11.8 Å². The summed E-state index contributed by atoms with van der Waals surface area (Å²) >= 11 is 0. The molecule has 8 atom stereocenters. The first-order valence-corrected chi connectivity index (χ1v) is 20.4. The second-order valence-electron chi connectivity index (χ2n) is 16.3. The highest BCUT2D eigenvalue weighted by molar-refractivity contribution is 5.91. The summed E-state index contributed by atoms with van der Waals surface area (Å²) in [6.45, 7) is 8.02. The second kappa shape index (κ2) is 16.5. The van der Waals surface area contributed by atoms with Crippen molar-refractivity contribution in [2.45, 2.75) is 83.3 Å². The third kappa shape index (κ3) is 7.65. The number of imidazole rings is 2. The summed E-state index contributed by atoms with van der Waals surface area (Å²) in [7, 11) is 4.42. The van der Waals surface area contributed by atoms with Crippen molar-refractivity contribution in [3.63, 3.8) is 0 Å². The highest BCUT2D eigenvalue weighted by Gasteiger charge is 2.51. The maximum absolute atomic E-state index is 13.8. The number of carbonyl (C=O) groups excluding carboxylic acids is 3. The monoisotopic (exact) mass is 799 g/mol. The Bertz CT molecular complexity index is 2390. The fourth-order valence-corrected chi connectivity index (χ4v) is 9.10. The van der Waals surface area contributed by atoms with E-state index in [4.69, 9.17) is 24.2 Å². The van der Waals surface area contributed by atoms with E-state index in [1.165, 1.54) is 14.2 Å². The molecule has 2 fully saturated rings. The number of fused-ring (bicyclic) bond motifs is 3. The van der Waals surface area contributed by atoms with Crippen molar-refractivity contribution in [1.29, 1.82) is 0 Å². The normalized spacial score (nSPS) is 22.0. The highest BCUT2D eigenvalue weighted by Crippen LogP contribution is 2.50. The van der Waals surface area contributed by atoms with Gasteiger partial charge in [0.15, 0.2) is 0 Å². The molecular formula is C46H53N7O6. The van der Waals surface area contributed by atoms with E-state index < -0.39 is 24.3 Å². The van der Waals surface area contributed by atoms with E-state index in [2.05, 4.69) is 80.8 Å². The number of nitrogens with zero attached hydrogens (tertiary/aromatic N) is 4. The van der Waals surface area contributed by atoms with Crippen molar-refractivity contribution in [1.82, 2.24) is 35.1 Å². The van der Waals surface area contributed by atoms with Gasteiger partial charge in [0.25, 0.3) is 0 Å². The summed E-state index contributed by atoms with van der Waals surface area (Å²) in [5.74, 6) is 1.55. The number of rotatable bonds is 12. The van der Waals surface area contributed by atoms with Gasteiger partial charge in [-0.1, -0.05) is 67.1 Å². The van der Waals surface area contributed by atoms with Crippen molar-refractivity contribution in [3.05, 3.63) is 96.4 Å². The van der Waals surface area contributed by atoms with Crippen LogP contribution in [0.15, 0.2) is 84.7 Å². The smallest absolute Gasteiger partial charge is 0.407 e. The summed E-state index contributed by atoms with van der Waals surface area (Å²) in [6.07, 6.45) is 7.46. The van der Waals surface area contributed by atoms with Crippen LogP contribution in [0.2, 0.25) is 0 Å². The van der Waals surface area contributed by atoms with E-state index in [1.807, 2.05) is 33.0 Å². The molecule has 0 unspecified atom stereocenters. The number of nitrogens with one attached hydrogen (secondary N) is 3. The van der Waals surface area contributed by atoms with Crippen LogP contribution in [-0.2, 0) is 23.8 Å². The van der Waals surface area contributed by atoms with E-state index in [0.717, 1.165) is 75.1 Å². The van der Waals surface area contributed by atoms with Gasteiger partial charge < -0.3 is 39.3 Å². The highest BCUT2D eigenvalue weighted by atomic mass is 16.5. The van der Waals surface area contributed by atoms with E-state index in [0.29, 0.717) is 18.3 Å². The zero-order valence-electron chi connectivity index (χ0n) is 34.7. The summed E-state index contributed by atoms with van der Waals surface area (Å²) in [5.41, 5.74) is 7.01. The number of likely N-dealkylation sites (tertiary alicyclic amines) is 1. The Morgan fingerprint density at radius 3 is 2.07 bits per heavy atom. The average molecular weight is 800 g/mol. The summed E-state index contributed by atoms with van der Waals surface area (Å²) in [5, 5.41) is 4.82. The number of ether oxygens (including phenoxy) is 3. The molecule has 3 N–H and O–H groups in total. The number of hydrogen-bond acceptors (Lipinski definition) is 8. The van der Waals surface area contributed by atoms with Crippen molar-refractivity contribution >= 4 is 28.7 Å². The van der Waals surface area contributed by atoms with Gasteiger partial charge in [-0.15, -0.1) is 0 Å². The molecule has 59 heavy (non-hydrogen) atoms. The molecule has 4 heterocycles. The van der Waals surface area contributed by atoms with Crippen LogP contribution < -0.4 is 5.32 Å². The Morgan fingerprint density at radius 1 is 0.763 bits per heavy atom. The topological polar surface area (TPSA) is 155 Å². The average Bonchev–Trinajstić information content (AvgIpc) is 4.13. The second-order valence-corrected chi connectivity index (χ2v) is 16.3. The predicted molar refractivity (Wildman–Crippen MR) is 225 cm³/mol.